The van der Waals surface area contributed by atoms with Crippen LogP contribution in [0.15, 0.2) is 42.5 Å². The second-order valence-corrected chi connectivity index (χ2v) is 4.40. The van der Waals surface area contributed by atoms with Crippen LogP contribution < -0.4 is 9.47 Å². The van der Waals surface area contributed by atoms with Gasteiger partial charge in [0.25, 0.3) is 0 Å². The maximum Gasteiger partial charge on any atom is 0.169 e. The molecule has 2 rings (SSSR count). The molecule has 0 aliphatic rings. The third kappa shape index (κ3) is 3.75. The molecule has 0 unspecified atom stereocenters. The number of nitriles is 2. The molecule has 21 heavy (non-hydrogen) atoms. The van der Waals surface area contributed by atoms with E-state index in [9.17, 15) is 0 Å². The van der Waals surface area contributed by atoms with E-state index < -0.39 is 0 Å². The molecule has 4 heteroatoms. The van der Waals surface area contributed by atoms with E-state index in [-0.39, 0.29) is 0 Å². The van der Waals surface area contributed by atoms with Crippen molar-refractivity contribution in [3.05, 3.63) is 53.6 Å². The second-order valence-electron chi connectivity index (χ2n) is 4.40. The van der Waals surface area contributed by atoms with Gasteiger partial charge in [-0.25, -0.2) is 0 Å². The molecule has 104 valence electrons. The normalized spacial score (nSPS) is 9.48. The summed E-state index contributed by atoms with van der Waals surface area (Å²) in [4.78, 5) is 0. The molecule has 0 saturated carbocycles. The van der Waals surface area contributed by atoms with Gasteiger partial charge < -0.3 is 9.47 Å². The van der Waals surface area contributed by atoms with Crippen LogP contribution in [0.25, 0.3) is 0 Å². The summed E-state index contributed by atoms with van der Waals surface area (Å²) in [7, 11) is 1.57. The molecular formula is C17H14N2O2. The van der Waals surface area contributed by atoms with Gasteiger partial charge >= 0.3 is 0 Å². The molecule has 0 saturated heterocycles. The minimum Gasteiger partial charge on any atom is -0.493 e. The molecule has 4 nitrogen and oxygen atoms in total. The Morgan fingerprint density at radius 2 is 1.62 bits per heavy atom. The summed E-state index contributed by atoms with van der Waals surface area (Å²) in [5.41, 5.74) is 1.75. The minimum absolute atomic E-state index is 0.314. The molecule has 0 heterocycles. The third-order valence-electron chi connectivity index (χ3n) is 2.92. The minimum atomic E-state index is 0.314. The van der Waals surface area contributed by atoms with E-state index in [4.69, 9.17) is 20.0 Å². The predicted molar refractivity (Wildman–Crippen MR) is 78.1 cm³/mol. The van der Waals surface area contributed by atoms with Crippen molar-refractivity contribution in [3.63, 3.8) is 0 Å². The Morgan fingerprint density at radius 1 is 0.905 bits per heavy atom. The van der Waals surface area contributed by atoms with E-state index in [1.165, 1.54) is 0 Å². The van der Waals surface area contributed by atoms with Gasteiger partial charge in [-0.1, -0.05) is 18.2 Å². The Morgan fingerprint density at radius 3 is 2.29 bits per heavy atom. The first kappa shape index (κ1) is 14.4. The maximum atomic E-state index is 8.77. The van der Waals surface area contributed by atoms with E-state index in [1.54, 1.807) is 19.2 Å². The summed E-state index contributed by atoms with van der Waals surface area (Å²) >= 11 is 0. The Balaban J connectivity index is 2.29. The lowest BCUT2D eigenvalue weighted by molar-refractivity contribution is 0.378. The molecule has 0 bridgehead atoms. The zero-order valence-electron chi connectivity index (χ0n) is 11.7. The molecule has 0 aliphatic heterocycles. The van der Waals surface area contributed by atoms with Crippen LogP contribution in [0.1, 0.15) is 11.1 Å². The second kappa shape index (κ2) is 6.98. The highest BCUT2D eigenvalue weighted by molar-refractivity contribution is 5.46. The summed E-state index contributed by atoms with van der Waals surface area (Å²) in [6.07, 6.45) is 0.650. The largest absolute Gasteiger partial charge is 0.493 e. The zero-order valence-corrected chi connectivity index (χ0v) is 11.7. The Kier molecular flexibility index (Phi) is 4.79. The average molecular weight is 278 g/mol. The van der Waals surface area contributed by atoms with Gasteiger partial charge in [0.1, 0.15) is 5.75 Å². The topological polar surface area (TPSA) is 66.0 Å². The summed E-state index contributed by atoms with van der Waals surface area (Å²) in [6.45, 7) is 0. The highest BCUT2D eigenvalue weighted by Gasteiger charge is 2.07. The Bertz CT molecular complexity index is 711. The first-order valence-corrected chi connectivity index (χ1v) is 6.44. The van der Waals surface area contributed by atoms with Crippen molar-refractivity contribution in [2.24, 2.45) is 0 Å². The number of methoxy groups -OCH3 is 1. The van der Waals surface area contributed by atoms with Crippen LogP contribution in [0.3, 0.4) is 0 Å². The lowest BCUT2D eigenvalue weighted by atomic mass is 10.1. The van der Waals surface area contributed by atoms with E-state index in [2.05, 4.69) is 12.1 Å². The zero-order chi connectivity index (χ0) is 15.1. The summed E-state index contributed by atoms with van der Waals surface area (Å²) < 4.78 is 11.1. The molecule has 2 aromatic carbocycles. The fourth-order valence-corrected chi connectivity index (χ4v) is 1.94. The van der Waals surface area contributed by atoms with E-state index in [0.717, 1.165) is 11.1 Å². The van der Waals surface area contributed by atoms with Crippen LogP contribution in [-0.4, -0.2) is 7.11 Å². The van der Waals surface area contributed by atoms with Crippen molar-refractivity contribution < 1.29 is 9.47 Å². The van der Waals surface area contributed by atoms with Crippen molar-refractivity contribution in [1.82, 2.24) is 0 Å². The molecule has 0 aromatic heterocycles. The van der Waals surface area contributed by atoms with Crippen molar-refractivity contribution in [3.8, 4) is 29.4 Å². The number of rotatable bonds is 5. The van der Waals surface area contributed by atoms with Crippen molar-refractivity contribution in [2.45, 2.75) is 12.8 Å². The van der Waals surface area contributed by atoms with Gasteiger partial charge in [-0.2, -0.15) is 10.5 Å². The monoisotopic (exact) mass is 278 g/mol. The molecule has 0 atom stereocenters. The fraction of sp³-hybridized carbons (Fsp3) is 0.176. The average Bonchev–Trinajstić information content (AvgIpc) is 2.49. The van der Waals surface area contributed by atoms with Crippen LogP contribution in [0.4, 0.5) is 0 Å². The van der Waals surface area contributed by atoms with Gasteiger partial charge in [-0.05, 0) is 35.4 Å². The summed E-state index contributed by atoms with van der Waals surface area (Å²) in [5, 5.41) is 17.5. The van der Waals surface area contributed by atoms with E-state index in [1.807, 2.05) is 30.3 Å². The SMILES string of the molecule is COc1ccc(CC#N)cc1Oc1cccc(CC#N)c1. The molecule has 2 aromatic rings. The van der Waals surface area contributed by atoms with Gasteiger partial charge in [0.05, 0.1) is 32.1 Å². The first-order chi connectivity index (χ1) is 10.3. The first-order valence-electron chi connectivity index (χ1n) is 6.44. The van der Waals surface area contributed by atoms with Gasteiger partial charge in [-0.3, -0.25) is 0 Å². The number of nitrogens with zero attached hydrogens (tertiary/aromatic N) is 2. The molecule has 0 N–H and O–H groups in total. The maximum absolute atomic E-state index is 8.77. The Labute approximate surface area is 123 Å². The Hall–Kier alpha value is -2.98. The molecule has 0 spiro atoms. The standard InChI is InChI=1S/C17H14N2O2/c1-20-16-6-5-14(8-10-19)12-17(16)21-15-4-2-3-13(11-15)7-9-18/h2-6,11-12H,7-8H2,1H3. The van der Waals surface area contributed by atoms with Crippen LogP contribution in [0.2, 0.25) is 0 Å². The van der Waals surface area contributed by atoms with Gasteiger partial charge in [-0.15, -0.1) is 0 Å². The fourth-order valence-electron chi connectivity index (χ4n) is 1.94. The number of ether oxygens (including phenoxy) is 2. The third-order valence-corrected chi connectivity index (χ3v) is 2.92. The lowest BCUT2D eigenvalue weighted by Gasteiger charge is -2.12. The molecule has 0 fully saturated rings. The highest BCUT2D eigenvalue weighted by atomic mass is 16.5. The van der Waals surface area contributed by atoms with Crippen molar-refractivity contribution in [1.29, 1.82) is 10.5 Å². The smallest absolute Gasteiger partial charge is 0.169 e. The van der Waals surface area contributed by atoms with Gasteiger partial charge in [0.15, 0.2) is 11.5 Å². The highest BCUT2D eigenvalue weighted by Crippen LogP contribution is 2.32. The van der Waals surface area contributed by atoms with Crippen molar-refractivity contribution >= 4 is 0 Å². The van der Waals surface area contributed by atoms with Gasteiger partial charge in [0.2, 0.25) is 0 Å². The van der Waals surface area contributed by atoms with E-state index >= 15 is 0 Å². The molecular weight excluding hydrogens is 264 g/mol. The summed E-state index contributed by atoms with van der Waals surface area (Å²) in [6, 6.07) is 17.0. The quantitative estimate of drug-likeness (QED) is 0.837. The predicted octanol–water partition coefficient (Wildman–Crippen LogP) is 3.62. The number of hydrogen-bond acceptors (Lipinski definition) is 4. The van der Waals surface area contributed by atoms with E-state index in [0.29, 0.717) is 30.1 Å². The van der Waals surface area contributed by atoms with Crippen LogP contribution in [0, 0.1) is 22.7 Å². The van der Waals surface area contributed by atoms with Crippen LogP contribution in [0.5, 0.6) is 17.2 Å². The lowest BCUT2D eigenvalue weighted by Crippen LogP contribution is -1.93. The number of benzene rings is 2. The molecule has 0 radical (unpaired) electrons. The summed E-state index contributed by atoms with van der Waals surface area (Å²) in [5.74, 6) is 1.79. The van der Waals surface area contributed by atoms with Crippen LogP contribution in [-0.2, 0) is 12.8 Å². The van der Waals surface area contributed by atoms with Crippen LogP contribution >= 0.6 is 0 Å². The van der Waals surface area contributed by atoms with Gasteiger partial charge in [0, 0.05) is 0 Å². The van der Waals surface area contributed by atoms with Crippen molar-refractivity contribution in [2.75, 3.05) is 7.11 Å². The molecule has 0 amide bonds. The molecule has 0 aliphatic carbocycles. The number of hydrogen-bond donors (Lipinski definition) is 0.